The van der Waals surface area contributed by atoms with Crippen molar-refractivity contribution in [2.45, 2.75) is 52.1 Å². The molecule has 0 aliphatic carbocycles. The molecule has 0 radical (unpaired) electrons. The van der Waals surface area contributed by atoms with Gasteiger partial charge >= 0.3 is 0 Å². The normalized spacial score (nSPS) is 19.5. The van der Waals surface area contributed by atoms with E-state index < -0.39 is 0 Å². The quantitative estimate of drug-likeness (QED) is 0.777. The van der Waals surface area contributed by atoms with Crippen molar-refractivity contribution in [1.82, 2.24) is 15.3 Å². The highest BCUT2D eigenvalue weighted by atomic mass is 15.1. The Balaban J connectivity index is 1.99. The van der Waals surface area contributed by atoms with E-state index in [2.05, 4.69) is 46.7 Å². The lowest BCUT2D eigenvalue weighted by Gasteiger charge is -2.22. The molecule has 1 aliphatic heterocycles. The maximum absolute atomic E-state index is 4.43. The summed E-state index contributed by atoms with van der Waals surface area (Å²) in [7, 11) is 0. The third-order valence-corrected chi connectivity index (χ3v) is 3.03. The number of aromatic nitrogens is 2. The van der Waals surface area contributed by atoms with Gasteiger partial charge in [0.25, 0.3) is 0 Å². The maximum atomic E-state index is 4.43. The molecule has 106 valence electrons. The van der Waals surface area contributed by atoms with E-state index in [4.69, 9.17) is 0 Å². The zero-order valence-corrected chi connectivity index (χ0v) is 12.4. The minimum atomic E-state index is 0.00503. The van der Waals surface area contributed by atoms with E-state index in [0.717, 1.165) is 30.5 Å². The molecular weight excluding hydrogens is 238 g/mol. The van der Waals surface area contributed by atoms with E-state index in [-0.39, 0.29) is 5.54 Å². The van der Waals surface area contributed by atoms with Crippen LogP contribution >= 0.6 is 0 Å². The Morgan fingerprint density at radius 2 is 2.05 bits per heavy atom. The first-order valence-electron chi connectivity index (χ1n) is 7.03. The van der Waals surface area contributed by atoms with Gasteiger partial charge in [-0.25, -0.2) is 9.97 Å². The number of hydrogen-bond acceptors (Lipinski definition) is 5. The molecule has 1 aliphatic rings. The van der Waals surface area contributed by atoms with E-state index >= 15 is 0 Å². The van der Waals surface area contributed by atoms with Gasteiger partial charge in [-0.15, -0.1) is 0 Å². The summed E-state index contributed by atoms with van der Waals surface area (Å²) < 4.78 is 0. The van der Waals surface area contributed by atoms with Crippen molar-refractivity contribution in [2.24, 2.45) is 0 Å². The summed E-state index contributed by atoms with van der Waals surface area (Å²) in [6.07, 6.45) is 2.51. The number of nitrogens with zero attached hydrogens (tertiary/aromatic N) is 2. The molecule has 1 atom stereocenters. The van der Waals surface area contributed by atoms with E-state index in [9.17, 15) is 0 Å². The second kappa shape index (κ2) is 5.74. The van der Waals surface area contributed by atoms with Crippen LogP contribution in [0.25, 0.3) is 0 Å². The number of anilines is 2. The zero-order valence-electron chi connectivity index (χ0n) is 12.4. The molecule has 1 unspecified atom stereocenters. The molecule has 5 nitrogen and oxygen atoms in total. The third-order valence-electron chi connectivity index (χ3n) is 3.03. The first-order valence-corrected chi connectivity index (χ1v) is 7.03. The van der Waals surface area contributed by atoms with Gasteiger partial charge in [-0.05, 0) is 47.1 Å². The summed E-state index contributed by atoms with van der Waals surface area (Å²) in [6.45, 7) is 10.4. The lowest BCUT2D eigenvalue weighted by atomic mass is 10.1. The van der Waals surface area contributed by atoms with Gasteiger partial charge in [0.2, 0.25) is 0 Å². The van der Waals surface area contributed by atoms with Crippen LogP contribution in [0.5, 0.6) is 0 Å². The highest BCUT2D eigenvalue weighted by Gasteiger charge is 2.15. The molecule has 5 heteroatoms. The second-order valence-corrected chi connectivity index (χ2v) is 6.23. The molecule has 3 N–H and O–H groups in total. The molecular formula is C14H25N5. The Bertz CT molecular complexity index is 418. The van der Waals surface area contributed by atoms with Crippen LogP contribution in [0, 0.1) is 6.92 Å². The van der Waals surface area contributed by atoms with Crippen LogP contribution in [0.1, 0.15) is 39.4 Å². The van der Waals surface area contributed by atoms with Gasteiger partial charge in [0, 0.05) is 24.2 Å². The Hall–Kier alpha value is -1.36. The van der Waals surface area contributed by atoms with Gasteiger partial charge < -0.3 is 16.0 Å². The van der Waals surface area contributed by atoms with Crippen molar-refractivity contribution in [1.29, 1.82) is 0 Å². The molecule has 0 amide bonds. The molecule has 1 saturated heterocycles. The van der Waals surface area contributed by atoms with Gasteiger partial charge in [0.15, 0.2) is 0 Å². The Kier molecular flexibility index (Phi) is 4.24. The van der Waals surface area contributed by atoms with Crippen molar-refractivity contribution >= 4 is 11.6 Å². The van der Waals surface area contributed by atoms with Gasteiger partial charge in [-0.2, -0.15) is 0 Å². The van der Waals surface area contributed by atoms with E-state index in [1.54, 1.807) is 0 Å². The van der Waals surface area contributed by atoms with Crippen LogP contribution in [-0.2, 0) is 0 Å². The van der Waals surface area contributed by atoms with Crippen LogP contribution in [0.2, 0.25) is 0 Å². The summed E-state index contributed by atoms with van der Waals surface area (Å²) in [5.74, 6) is 2.56. The topological polar surface area (TPSA) is 61.9 Å². The largest absolute Gasteiger partial charge is 0.368 e. The zero-order chi connectivity index (χ0) is 13.9. The van der Waals surface area contributed by atoms with Gasteiger partial charge in [-0.3, -0.25) is 0 Å². The van der Waals surface area contributed by atoms with Gasteiger partial charge in [-0.1, -0.05) is 0 Å². The Morgan fingerprint density at radius 1 is 1.32 bits per heavy atom. The summed E-state index contributed by atoms with van der Waals surface area (Å²) in [4.78, 5) is 8.86. The molecule has 2 heterocycles. The average molecular weight is 263 g/mol. The summed E-state index contributed by atoms with van der Waals surface area (Å²) >= 11 is 0. The highest BCUT2D eigenvalue weighted by molar-refractivity contribution is 5.48. The molecule has 0 bridgehead atoms. The maximum Gasteiger partial charge on any atom is 0.132 e. The van der Waals surface area contributed by atoms with Crippen molar-refractivity contribution < 1.29 is 0 Å². The van der Waals surface area contributed by atoms with E-state index in [0.29, 0.717) is 6.04 Å². The van der Waals surface area contributed by atoms with Gasteiger partial charge in [0.1, 0.15) is 17.5 Å². The van der Waals surface area contributed by atoms with Crippen LogP contribution in [0.4, 0.5) is 11.6 Å². The molecule has 1 aromatic rings. The fourth-order valence-electron chi connectivity index (χ4n) is 2.27. The molecule has 2 rings (SSSR count). The van der Waals surface area contributed by atoms with Crippen LogP contribution < -0.4 is 16.0 Å². The predicted molar refractivity (Wildman–Crippen MR) is 79.7 cm³/mol. The number of hydrogen-bond donors (Lipinski definition) is 3. The SMILES string of the molecule is Cc1nc(NCC2CCCN2)cc(NC(C)(C)C)n1. The first kappa shape index (κ1) is 14.1. The van der Waals surface area contributed by atoms with Crippen molar-refractivity contribution in [3.05, 3.63) is 11.9 Å². The van der Waals surface area contributed by atoms with E-state index in [1.165, 1.54) is 12.8 Å². The molecule has 19 heavy (non-hydrogen) atoms. The summed E-state index contributed by atoms with van der Waals surface area (Å²) in [5.41, 5.74) is 0.00503. The Morgan fingerprint density at radius 3 is 2.68 bits per heavy atom. The highest BCUT2D eigenvalue weighted by Crippen LogP contribution is 2.16. The Labute approximate surface area is 115 Å². The molecule has 1 aromatic heterocycles. The third kappa shape index (κ3) is 4.67. The summed E-state index contributed by atoms with van der Waals surface area (Å²) in [6, 6.07) is 2.54. The lowest BCUT2D eigenvalue weighted by Crippen LogP contribution is -2.30. The smallest absolute Gasteiger partial charge is 0.132 e. The van der Waals surface area contributed by atoms with Crippen molar-refractivity contribution in [2.75, 3.05) is 23.7 Å². The monoisotopic (exact) mass is 263 g/mol. The fourth-order valence-corrected chi connectivity index (χ4v) is 2.27. The van der Waals surface area contributed by atoms with Crippen LogP contribution in [0.3, 0.4) is 0 Å². The average Bonchev–Trinajstić information content (AvgIpc) is 2.75. The van der Waals surface area contributed by atoms with Crippen molar-refractivity contribution in [3.8, 4) is 0 Å². The van der Waals surface area contributed by atoms with Crippen molar-refractivity contribution in [3.63, 3.8) is 0 Å². The minimum Gasteiger partial charge on any atom is -0.368 e. The lowest BCUT2D eigenvalue weighted by molar-refractivity contribution is 0.627. The number of aryl methyl sites for hydroxylation is 1. The van der Waals surface area contributed by atoms with E-state index in [1.807, 2.05) is 13.0 Å². The second-order valence-electron chi connectivity index (χ2n) is 6.23. The summed E-state index contributed by atoms with van der Waals surface area (Å²) in [5, 5.41) is 10.3. The standard InChI is InChI=1S/C14H25N5/c1-10-17-12(16-9-11-6-5-7-15-11)8-13(18-10)19-14(2,3)4/h8,11,15H,5-7,9H2,1-4H3,(H2,16,17,18,19). The van der Waals surface area contributed by atoms with Crippen LogP contribution in [-0.4, -0.2) is 34.6 Å². The van der Waals surface area contributed by atoms with Gasteiger partial charge in [0.05, 0.1) is 0 Å². The van der Waals surface area contributed by atoms with Crippen LogP contribution in [0.15, 0.2) is 6.07 Å². The fraction of sp³-hybridized carbons (Fsp3) is 0.714. The first-order chi connectivity index (χ1) is 8.92. The molecule has 0 saturated carbocycles. The predicted octanol–water partition coefficient (Wildman–Crippen LogP) is 2.16. The molecule has 0 spiro atoms. The molecule has 0 aromatic carbocycles. The number of nitrogens with one attached hydrogen (secondary N) is 3. The number of rotatable bonds is 4. The minimum absolute atomic E-state index is 0.00503. The molecule has 1 fully saturated rings.